The fourth-order valence-electron chi connectivity index (χ4n) is 1.33. The SMILES string of the molecule is CC(C)Nc1nc(-c2cc(F)cc(Br)c2)ns1. The van der Waals surface area contributed by atoms with Crippen molar-refractivity contribution < 1.29 is 4.39 Å². The van der Waals surface area contributed by atoms with Crippen LogP contribution in [0.4, 0.5) is 9.52 Å². The fourth-order valence-corrected chi connectivity index (χ4v) is 2.53. The lowest BCUT2D eigenvalue weighted by Gasteiger charge is -2.03. The van der Waals surface area contributed by atoms with Crippen molar-refractivity contribution in [1.82, 2.24) is 9.36 Å². The van der Waals surface area contributed by atoms with Crippen LogP contribution in [0.2, 0.25) is 0 Å². The second-order valence-corrected chi connectivity index (χ2v) is 5.55. The number of rotatable bonds is 3. The first-order valence-corrected chi connectivity index (χ1v) is 6.68. The Morgan fingerprint density at radius 1 is 1.35 bits per heavy atom. The Hall–Kier alpha value is -1.01. The van der Waals surface area contributed by atoms with Crippen LogP contribution in [0.3, 0.4) is 0 Å². The summed E-state index contributed by atoms with van der Waals surface area (Å²) in [4.78, 5) is 4.31. The number of nitrogens with zero attached hydrogens (tertiary/aromatic N) is 2. The summed E-state index contributed by atoms with van der Waals surface area (Å²) in [6, 6.07) is 4.93. The second-order valence-electron chi connectivity index (χ2n) is 3.88. The Labute approximate surface area is 111 Å². The van der Waals surface area contributed by atoms with Crippen molar-refractivity contribution in [1.29, 1.82) is 0 Å². The molecule has 0 spiro atoms. The molecule has 0 bridgehead atoms. The first-order chi connectivity index (χ1) is 8.04. The zero-order valence-electron chi connectivity index (χ0n) is 9.37. The van der Waals surface area contributed by atoms with Crippen molar-refractivity contribution in [2.75, 3.05) is 5.32 Å². The van der Waals surface area contributed by atoms with Crippen LogP contribution < -0.4 is 5.32 Å². The lowest BCUT2D eigenvalue weighted by atomic mass is 10.2. The van der Waals surface area contributed by atoms with Crippen molar-refractivity contribution in [3.05, 3.63) is 28.5 Å². The third-order valence-electron chi connectivity index (χ3n) is 1.96. The van der Waals surface area contributed by atoms with Gasteiger partial charge in [-0.15, -0.1) is 0 Å². The van der Waals surface area contributed by atoms with E-state index in [0.29, 0.717) is 21.9 Å². The smallest absolute Gasteiger partial charge is 0.203 e. The molecule has 17 heavy (non-hydrogen) atoms. The predicted octanol–water partition coefficient (Wildman–Crippen LogP) is 3.93. The maximum absolute atomic E-state index is 13.2. The molecule has 1 aromatic carbocycles. The molecule has 0 radical (unpaired) electrons. The van der Waals surface area contributed by atoms with Crippen LogP contribution in [0.5, 0.6) is 0 Å². The van der Waals surface area contributed by atoms with E-state index in [2.05, 4.69) is 30.6 Å². The maximum Gasteiger partial charge on any atom is 0.203 e. The summed E-state index contributed by atoms with van der Waals surface area (Å²) >= 11 is 4.52. The molecule has 1 aromatic heterocycles. The van der Waals surface area contributed by atoms with Gasteiger partial charge in [0.05, 0.1) is 0 Å². The van der Waals surface area contributed by atoms with Gasteiger partial charge in [0, 0.05) is 27.6 Å². The van der Waals surface area contributed by atoms with Gasteiger partial charge < -0.3 is 5.32 Å². The number of halogens is 2. The summed E-state index contributed by atoms with van der Waals surface area (Å²) < 4.78 is 18.1. The number of anilines is 1. The molecule has 0 fully saturated rings. The van der Waals surface area contributed by atoms with Gasteiger partial charge in [-0.05, 0) is 32.0 Å². The average Bonchev–Trinajstić information content (AvgIpc) is 2.63. The molecular formula is C11H11BrFN3S. The Morgan fingerprint density at radius 2 is 2.12 bits per heavy atom. The number of aromatic nitrogens is 2. The molecule has 2 rings (SSSR count). The van der Waals surface area contributed by atoms with Gasteiger partial charge in [-0.25, -0.2) is 4.39 Å². The summed E-state index contributed by atoms with van der Waals surface area (Å²) in [5, 5.41) is 3.91. The van der Waals surface area contributed by atoms with Gasteiger partial charge in [-0.2, -0.15) is 9.36 Å². The van der Waals surface area contributed by atoms with Gasteiger partial charge in [0.15, 0.2) is 5.82 Å². The molecule has 0 saturated heterocycles. The maximum atomic E-state index is 13.2. The number of benzene rings is 1. The Bertz CT molecular complexity index is 507. The van der Waals surface area contributed by atoms with Crippen LogP contribution in [-0.4, -0.2) is 15.4 Å². The van der Waals surface area contributed by atoms with E-state index in [1.54, 1.807) is 6.07 Å². The molecule has 0 amide bonds. The van der Waals surface area contributed by atoms with Crippen molar-refractivity contribution in [2.24, 2.45) is 0 Å². The van der Waals surface area contributed by atoms with E-state index >= 15 is 0 Å². The van der Waals surface area contributed by atoms with Gasteiger partial charge in [-0.1, -0.05) is 15.9 Å². The van der Waals surface area contributed by atoms with Gasteiger partial charge in [-0.3, -0.25) is 0 Å². The van der Waals surface area contributed by atoms with E-state index in [-0.39, 0.29) is 5.82 Å². The molecule has 0 unspecified atom stereocenters. The molecule has 0 atom stereocenters. The first-order valence-electron chi connectivity index (χ1n) is 5.11. The molecule has 0 aliphatic carbocycles. The Morgan fingerprint density at radius 3 is 2.76 bits per heavy atom. The number of hydrogen-bond acceptors (Lipinski definition) is 4. The van der Waals surface area contributed by atoms with Crippen molar-refractivity contribution in [3.8, 4) is 11.4 Å². The molecule has 0 aliphatic heterocycles. The van der Waals surface area contributed by atoms with Crippen LogP contribution in [0.15, 0.2) is 22.7 Å². The minimum absolute atomic E-state index is 0.301. The number of nitrogens with one attached hydrogen (secondary N) is 1. The highest BCUT2D eigenvalue weighted by atomic mass is 79.9. The van der Waals surface area contributed by atoms with E-state index in [4.69, 9.17) is 0 Å². The molecule has 1 N–H and O–H groups in total. The normalized spacial score (nSPS) is 10.9. The molecule has 6 heteroatoms. The quantitative estimate of drug-likeness (QED) is 0.932. The van der Waals surface area contributed by atoms with Crippen LogP contribution in [0.1, 0.15) is 13.8 Å². The van der Waals surface area contributed by atoms with Crippen molar-refractivity contribution in [3.63, 3.8) is 0 Å². The van der Waals surface area contributed by atoms with E-state index in [9.17, 15) is 4.39 Å². The molecule has 2 aromatic rings. The molecule has 1 heterocycles. The minimum atomic E-state index is -0.303. The van der Waals surface area contributed by atoms with E-state index in [1.165, 1.54) is 23.7 Å². The van der Waals surface area contributed by atoms with Crippen LogP contribution in [-0.2, 0) is 0 Å². The largest absolute Gasteiger partial charge is 0.358 e. The Kier molecular flexibility index (Phi) is 3.73. The lowest BCUT2D eigenvalue weighted by Crippen LogP contribution is -2.08. The van der Waals surface area contributed by atoms with E-state index in [1.807, 2.05) is 13.8 Å². The van der Waals surface area contributed by atoms with Gasteiger partial charge in [0.25, 0.3) is 0 Å². The lowest BCUT2D eigenvalue weighted by molar-refractivity contribution is 0.627. The zero-order valence-corrected chi connectivity index (χ0v) is 11.8. The van der Waals surface area contributed by atoms with Gasteiger partial charge >= 0.3 is 0 Å². The topological polar surface area (TPSA) is 37.8 Å². The summed E-state index contributed by atoms with van der Waals surface area (Å²) in [6.07, 6.45) is 0. The van der Waals surface area contributed by atoms with E-state index in [0.717, 1.165) is 5.13 Å². The standard InChI is InChI=1S/C11H11BrFN3S/c1-6(2)14-11-15-10(16-17-11)7-3-8(12)5-9(13)4-7/h3-6H,1-2H3,(H,14,15,16). The van der Waals surface area contributed by atoms with E-state index < -0.39 is 0 Å². The zero-order chi connectivity index (χ0) is 12.4. The summed E-state index contributed by atoms with van der Waals surface area (Å²) in [7, 11) is 0. The monoisotopic (exact) mass is 315 g/mol. The van der Waals surface area contributed by atoms with Crippen LogP contribution >= 0.6 is 27.5 Å². The predicted molar refractivity (Wildman–Crippen MR) is 71.8 cm³/mol. The molecule has 0 aliphatic rings. The summed E-state index contributed by atoms with van der Waals surface area (Å²) in [5.41, 5.74) is 0.671. The minimum Gasteiger partial charge on any atom is -0.358 e. The first kappa shape index (κ1) is 12.4. The van der Waals surface area contributed by atoms with Crippen molar-refractivity contribution in [2.45, 2.75) is 19.9 Å². The molecule has 0 saturated carbocycles. The third kappa shape index (κ3) is 3.23. The van der Waals surface area contributed by atoms with Crippen LogP contribution in [0, 0.1) is 5.82 Å². The Balaban J connectivity index is 2.30. The van der Waals surface area contributed by atoms with Gasteiger partial charge in [0.1, 0.15) is 5.82 Å². The third-order valence-corrected chi connectivity index (χ3v) is 3.06. The average molecular weight is 316 g/mol. The second kappa shape index (κ2) is 5.10. The summed E-state index contributed by atoms with van der Waals surface area (Å²) in [6.45, 7) is 4.06. The van der Waals surface area contributed by atoms with Crippen LogP contribution in [0.25, 0.3) is 11.4 Å². The fraction of sp³-hybridized carbons (Fsp3) is 0.273. The van der Waals surface area contributed by atoms with Gasteiger partial charge in [0.2, 0.25) is 5.13 Å². The summed E-state index contributed by atoms with van der Waals surface area (Å²) in [5.74, 6) is 0.237. The highest BCUT2D eigenvalue weighted by molar-refractivity contribution is 9.10. The molecule has 90 valence electrons. The highest BCUT2D eigenvalue weighted by Crippen LogP contribution is 2.25. The highest BCUT2D eigenvalue weighted by Gasteiger charge is 2.09. The molecular weight excluding hydrogens is 305 g/mol. The molecule has 3 nitrogen and oxygen atoms in total. The van der Waals surface area contributed by atoms with Crippen molar-refractivity contribution >= 4 is 32.6 Å². The number of hydrogen-bond donors (Lipinski definition) is 1.